The fourth-order valence-electron chi connectivity index (χ4n) is 1.97. The number of hydrogen-bond donors (Lipinski definition) is 1. The van der Waals surface area contributed by atoms with Crippen molar-refractivity contribution in [2.45, 2.75) is 6.92 Å². The number of aromatic hydroxyl groups is 1. The minimum absolute atomic E-state index is 0.239. The van der Waals surface area contributed by atoms with Gasteiger partial charge in [-0.25, -0.2) is 0 Å². The Bertz CT molecular complexity index is 704. The summed E-state index contributed by atoms with van der Waals surface area (Å²) in [4.78, 5) is 0. The number of hydrogen-bond acceptors (Lipinski definition) is 2. The van der Waals surface area contributed by atoms with Crippen LogP contribution >= 0.6 is 0 Å². The van der Waals surface area contributed by atoms with Crippen LogP contribution in [-0.4, -0.2) is 14.9 Å². The number of aryl methyl sites for hydroxylation is 1. The Kier molecular flexibility index (Phi) is 2.76. The second-order valence-electron chi connectivity index (χ2n) is 4.43. The van der Waals surface area contributed by atoms with E-state index < -0.39 is 0 Å². The van der Waals surface area contributed by atoms with Crippen LogP contribution in [0.3, 0.4) is 0 Å². The van der Waals surface area contributed by atoms with E-state index in [0.29, 0.717) is 0 Å². The Hall–Kier alpha value is -2.62. The summed E-state index contributed by atoms with van der Waals surface area (Å²) in [5.41, 5.74) is 2.79. The van der Waals surface area contributed by atoms with Crippen LogP contribution in [0.2, 0.25) is 0 Å². The molecule has 0 amide bonds. The first-order valence-corrected chi connectivity index (χ1v) is 6.05. The first-order valence-electron chi connectivity index (χ1n) is 6.05. The van der Waals surface area contributed by atoms with Crippen molar-refractivity contribution in [1.29, 1.82) is 0 Å². The van der Waals surface area contributed by atoms with Gasteiger partial charge in [0.2, 0.25) is 6.33 Å². The number of nitrogens with zero attached hydrogens (tertiary/aromatic N) is 3. The van der Waals surface area contributed by atoms with E-state index in [1.165, 1.54) is 0 Å². The lowest BCUT2D eigenvalue weighted by Crippen LogP contribution is -2.27. The zero-order valence-electron chi connectivity index (χ0n) is 10.6. The summed E-state index contributed by atoms with van der Waals surface area (Å²) in [5, 5.41) is 14.2. The van der Waals surface area contributed by atoms with E-state index >= 15 is 0 Å². The predicted octanol–water partition coefficient (Wildman–Crippen LogP) is 2.16. The predicted molar refractivity (Wildman–Crippen MR) is 71.5 cm³/mol. The second kappa shape index (κ2) is 4.57. The summed E-state index contributed by atoms with van der Waals surface area (Å²) in [6.45, 7) is 1.99. The molecule has 1 aromatic heterocycles. The van der Waals surface area contributed by atoms with E-state index in [0.717, 1.165) is 16.9 Å². The number of phenols is 1. The molecular weight excluding hydrogens is 238 g/mol. The van der Waals surface area contributed by atoms with Crippen LogP contribution < -0.4 is 4.57 Å². The Balaban J connectivity index is 2.04. The number of aromatic nitrogens is 3. The first-order chi connectivity index (χ1) is 9.24. The SMILES string of the molecule is Cc1ccc(O)c(-[n+]2cnn(-c3ccccc3)c2)c1. The molecule has 0 aliphatic carbocycles. The number of rotatable bonds is 2. The van der Waals surface area contributed by atoms with Crippen LogP contribution in [0, 0.1) is 6.92 Å². The summed E-state index contributed by atoms with van der Waals surface area (Å²) in [7, 11) is 0. The number of phenolic OH excluding ortho intramolecular Hbond substituents is 1. The highest BCUT2D eigenvalue weighted by Crippen LogP contribution is 2.17. The van der Waals surface area contributed by atoms with Gasteiger partial charge in [-0.15, -0.1) is 0 Å². The summed E-state index contributed by atoms with van der Waals surface area (Å²) in [6, 6.07) is 15.3. The van der Waals surface area contributed by atoms with Crippen LogP contribution in [0.4, 0.5) is 0 Å². The molecule has 3 aromatic rings. The number of para-hydroxylation sites is 1. The minimum atomic E-state index is 0.239. The molecule has 1 N–H and O–H groups in total. The second-order valence-corrected chi connectivity index (χ2v) is 4.43. The molecule has 0 saturated heterocycles. The molecule has 0 saturated carbocycles. The maximum absolute atomic E-state index is 9.91. The van der Waals surface area contributed by atoms with Crippen molar-refractivity contribution >= 4 is 0 Å². The van der Waals surface area contributed by atoms with Gasteiger partial charge in [-0.2, -0.15) is 4.57 Å². The van der Waals surface area contributed by atoms with Crippen molar-refractivity contribution in [3.05, 3.63) is 66.7 Å². The van der Waals surface area contributed by atoms with E-state index in [1.54, 1.807) is 21.6 Å². The summed E-state index contributed by atoms with van der Waals surface area (Å²) < 4.78 is 3.57. The molecule has 4 heteroatoms. The van der Waals surface area contributed by atoms with Crippen molar-refractivity contribution in [2.24, 2.45) is 0 Å². The van der Waals surface area contributed by atoms with Crippen LogP contribution in [0.15, 0.2) is 61.2 Å². The zero-order valence-corrected chi connectivity index (χ0v) is 10.6. The first kappa shape index (κ1) is 11.5. The standard InChI is InChI=1S/C15H13N3O/c1-12-7-8-15(19)14(9-12)17-10-16-18(11-17)13-5-3-2-4-6-13/h2-11H,1H3/p+1. The number of benzene rings is 2. The fraction of sp³-hybridized carbons (Fsp3) is 0.0667. The van der Waals surface area contributed by atoms with E-state index in [2.05, 4.69) is 5.10 Å². The molecule has 0 unspecified atom stereocenters. The third-order valence-electron chi connectivity index (χ3n) is 2.96. The third kappa shape index (κ3) is 2.20. The summed E-state index contributed by atoms with van der Waals surface area (Å²) >= 11 is 0. The van der Waals surface area contributed by atoms with Crippen molar-refractivity contribution in [3.8, 4) is 17.1 Å². The maximum Gasteiger partial charge on any atom is 0.270 e. The fourth-order valence-corrected chi connectivity index (χ4v) is 1.97. The quantitative estimate of drug-likeness (QED) is 0.710. The van der Waals surface area contributed by atoms with Gasteiger partial charge in [0.05, 0.1) is 0 Å². The lowest BCUT2D eigenvalue weighted by atomic mass is 10.2. The molecule has 4 nitrogen and oxygen atoms in total. The highest BCUT2D eigenvalue weighted by Gasteiger charge is 2.13. The molecule has 0 spiro atoms. The lowest BCUT2D eigenvalue weighted by Gasteiger charge is -2.01. The van der Waals surface area contributed by atoms with Gasteiger partial charge in [-0.3, -0.25) is 0 Å². The molecular formula is C15H14N3O+. The van der Waals surface area contributed by atoms with Gasteiger partial charge < -0.3 is 5.11 Å². The lowest BCUT2D eigenvalue weighted by molar-refractivity contribution is -0.596. The molecule has 0 atom stereocenters. The van der Waals surface area contributed by atoms with Gasteiger partial charge in [-0.1, -0.05) is 28.9 Å². The molecule has 0 aliphatic rings. The van der Waals surface area contributed by atoms with Crippen LogP contribution in [0.25, 0.3) is 11.4 Å². The maximum atomic E-state index is 9.91. The van der Waals surface area contributed by atoms with Crippen molar-refractivity contribution in [2.75, 3.05) is 0 Å². The van der Waals surface area contributed by atoms with Gasteiger partial charge in [0.25, 0.3) is 6.33 Å². The van der Waals surface area contributed by atoms with Gasteiger partial charge in [0.1, 0.15) is 11.4 Å². The molecule has 94 valence electrons. The molecule has 0 fully saturated rings. The zero-order chi connectivity index (χ0) is 13.2. The molecule has 0 radical (unpaired) electrons. The Morgan fingerprint density at radius 2 is 1.89 bits per heavy atom. The third-order valence-corrected chi connectivity index (χ3v) is 2.96. The topological polar surface area (TPSA) is 41.9 Å². The van der Waals surface area contributed by atoms with Crippen molar-refractivity contribution in [3.63, 3.8) is 0 Å². The van der Waals surface area contributed by atoms with Crippen molar-refractivity contribution < 1.29 is 9.67 Å². The van der Waals surface area contributed by atoms with Crippen molar-refractivity contribution in [1.82, 2.24) is 9.78 Å². The average molecular weight is 252 g/mol. The molecule has 0 bridgehead atoms. The Labute approximate surface area is 111 Å². The van der Waals surface area contributed by atoms with Crippen LogP contribution in [0.1, 0.15) is 5.56 Å². The summed E-state index contributed by atoms with van der Waals surface area (Å²) in [6.07, 6.45) is 3.52. The van der Waals surface area contributed by atoms with E-state index in [-0.39, 0.29) is 5.75 Å². The van der Waals surface area contributed by atoms with Crippen LogP contribution in [0.5, 0.6) is 5.75 Å². The minimum Gasteiger partial charge on any atom is -0.504 e. The highest BCUT2D eigenvalue weighted by molar-refractivity contribution is 5.41. The van der Waals surface area contributed by atoms with E-state index in [1.807, 2.05) is 55.7 Å². The molecule has 3 rings (SSSR count). The molecule has 19 heavy (non-hydrogen) atoms. The van der Waals surface area contributed by atoms with Gasteiger partial charge in [0.15, 0.2) is 5.75 Å². The summed E-state index contributed by atoms with van der Waals surface area (Å²) in [5.74, 6) is 0.239. The van der Waals surface area contributed by atoms with Gasteiger partial charge in [0, 0.05) is 5.10 Å². The largest absolute Gasteiger partial charge is 0.504 e. The Morgan fingerprint density at radius 3 is 2.68 bits per heavy atom. The van der Waals surface area contributed by atoms with Gasteiger partial charge in [-0.05, 0) is 36.8 Å². The Morgan fingerprint density at radius 1 is 1.11 bits per heavy atom. The molecule has 2 aromatic carbocycles. The molecule has 1 heterocycles. The van der Waals surface area contributed by atoms with E-state index in [9.17, 15) is 5.11 Å². The van der Waals surface area contributed by atoms with Crippen LogP contribution in [-0.2, 0) is 0 Å². The smallest absolute Gasteiger partial charge is 0.270 e. The monoisotopic (exact) mass is 252 g/mol. The average Bonchev–Trinajstić information content (AvgIpc) is 2.92. The van der Waals surface area contributed by atoms with Gasteiger partial charge >= 0.3 is 0 Å². The molecule has 0 aliphatic heterocycles. The highest BCUT2D eigenvalue weighted by atomic mass is 16.3. The normalized spacial score (nSPS) is 10.6. The van der Waals surface area contributed by atoms with E-state index in [4.69, 9.17) is 0 Å².